The van der Waals surface area contributed by atoms with Crippen LogP contribution in [0, 0.1) is 0 Å². The average Bonchev–Trinajstić information content (AvgIpc) is 3.46. The summed E-state index contributed by atoms with van der Waals surface area (Å²) >= 11 is 5.19. The summed E-state index contributed by atoms with van der Waals surface area (Å²) < 4.78 is 0. The van der Waals surface area contributed by atoms with Crippen LogP contribution in [0.25, 0.3) is 55.6 Å². The molecule has 0 atom stereocenters. The van der Waals surface area contributed by atoms with Gasteiger partial charge in [0, 0.05) is 27.4 Å². The van der Waals surface area contributed by atoms with Gasteiger partial charge < -0.3 is 4.90 Å². The summed E-state index contributed by atoms with van der Waals surface area (Å²) in [6.07, 6.45) is 0. The summed E-state index contributed by atoms with van der Waals surface area (Å²) in [6.45, 7) is 4.63. The van der Waals surface area contributed by atoms with E-state index in [2.05, 4.69) is 213 Å². The van der Waals surface area contributed by atoms with Gasteiger partial charge in [-0.15, -0.1) is 12.6 Å². The summed E-state index contributed by atoms with van der Waals surface area (Å²) in [4.78, 5) is 3.38. The summed E-state index contributed by atoms with van der Waals surface area (Å²) in [5.74, 6) is 0. The van der Waals surface area contributed by atoms with Crippen LogP contribution in [-0.2, 0) is 5.41 Å². The molecule has 0 aromatic heterocycles. The Morgan fingerprint density at radius 3 is 1.34 bits per heavy atom. The van der Waals surface area contributed by atoms with Crippen molar-refractivity contribution in [3.05, 3.63) is 205 Å². The number of rotatable bonds is 7. The fourth-order valence-corrected chi connectivity index (χ4v) is 8.44. The highest BCUT2D eigenvalue weighted by atomic mass is 32.1. The van der Waals surface area contributed by atoms with Crippen LogP contribution in [0.4, 0.5) is 17.1 Å². The minimum atomic E-state index is -0.0483. The Hall–Kier alpha value is -6.09. The van der Waals surface area contributed by atoms with Crippen molar-refractivity contribution in [2.75, 3.05) is 4.90 Å². The molecule has 0 saturated heterocycles. The van der Waals surface area contributed by atoms with Crippen molar-refractivity contribution >= 4 is 29.7 Å². The summed E-state index contributed by atoms with van der Waals surface area (Å²) in [7, 11) is 0. The van der Waals surface area contributed by atoms with Gasteiger partial charge in [-0.05, 0) is 109 Å². The zero-order valence-corrected chi connectivity index (χ0v) is 30.8. The van der Waals surface area contributed by atoms with Crippen molar-refractivity contribution in [2.45, 2.75) is 24.2 Å². The average molecular weight is 698 g/mol. The second-order valence-corrected chi connectivity index (χ2v) is 14.8. The molecule has 9 rings (SSSR count). The molecule has 0 spiro atoms. The molecule has 1 nitrogen and oxygen atoms in total. The van der Waals surface area contributed by atoms with Gasteiger partial charge in [0.25, 0.3) is 0 Å². The molecular weight excluding hydrogens is 659 g/mol. The molecule has 1 aliphatic rings. The summed E-state index contributed by atoms with van der Waals surface area (Å²) in [6, 6.07) is 69.9. The number of anilines is 3. The van der Waals surface area contributed by atoms with E-state index < -0.39 is 0 Å². The number of nitrogens with zero attached hydrogens (tertiary/aromatic N) is 1. The Morgan fingerprint density at radius 2 is 0.792 bits per heavy atom. The third-order valence-electron chi connectivity index (χ3n) is 10.8. The molecule has 53 heavy (non-hydrogen) atoms. The van der Waals surface area contributed by atoms with E-state index in [-0.39, 0.29) is 5.41 Å². The van der Waals surface area contributed by atoms with Crippen LogP contribution in [0.5, 0.6) is 0 Å². The SMILES string of the molecule is CC1(C)c2ccccc2-c2c1ccc(-c1cccc(-c3ccc(N(c4ccc(-c5ccccc5)cc4)c4ccc(-c5ccccc5)cc4)cc3)c1)c2S. The molecule has 0 saturated carbocycles. The van der Waals surface area contributed by atoms with Crippen molar-refractivity contribution < 1.29 is 0 Å². The van der Waals surface area contributed by atoms with Crippen LogP contribution < -0.4 is 4.90 Å². The quantitative estimate of drug-likeness (QED) is 0.162. The van der Waals surface area contributed by atoms with E-state index in [1.54, 1.807) is 0 Å². The van der Waals surface area contributed by atoms with E-state index >= 15 is 0 Å². The predicted octanol–water partition coefficient (Wildman–Crippen LogP) is 14.4. The first-order valence-corrected chi connectivity index (χ1v) is 18.7. The van der Waals surface area contributed by atoms with Crippen LogP contribution in [0.2, 0.25) is 0 Å². The smallest absolute Gasteiger partial charge is 0.0462 e. The second kappa shape index (κ2) is 13.5. The van der Waals surface area contributed by atoms with Crippen molar-refractivity contribution in [2.24, 2.45) is 0 Å². The normalized spacial score (nSPS) is 12.6. The third-order valence-corrected chi connectivity index (χ3v) is 11.3. The number of hydrogen-bond acceptors (Lipinski definition) is 2. The predicted molar refractivity (Wildman–Crippen MR) is 228 cm³/mol. The van der Waals surface area contributed by atoms with Crippen molar-refractivity contribution in [1.82, 2.24) is 0 Å². The molecule has 8 aromatic carbocycles. The van der Waals surface area contributed by atoms with Gasteiger partial charge in [-0.2, -0.15) is 0 Å². The molecule has 0 fully saturated rings. The van der Waals surface area contributed by atoms with Crippen LogP contribution in [0.1, 0.15) is 25.0 Å². The molecule has 2 heteroatoms. The minimum Gasteiger partial charge on any atom is -0.311 e. The van der Waals surface area contributed by atoms with Crippen LogP contribution in [-0.4, -0.2) is 0 Å². The van der Waals surface area contributed by atoms with Crippen molar-refractivity contribution in [3.8, 4) is 55.6 Å². The van der Waals surface area contributed by atoms with Crippen LogP contribution in [0.3, 0.4) is 0 Å². The summed E-state index contributed by atoms with van der Waals surface area (Å²) in [5, 5.41) is 0. The lowest BCUT2D eigenvalue weighted by Crippen LogP contribution is -2.14. The van der Waals surface area contributed by atoms with Crippen molar-refractivity contribution in [3.63, 3.8) is 0 Å². The van der Waals surface area contributed by atoms with Gasteiger partial charge in [0.2, 0.25) is 0 Å². The van der Waals surface area contributed by atoms with E-state index in [0.29, 0.717) is 0 Å². The fourth-order valence-electron chi connectivity index (χ4n) is 7.99. The van der Waals surface area contributed by atoms with E-state index in [1.165, 1.54) is 61.2 Å². The van der Waals surface area contributed by atoms with Gasteiger partial charge in [-0.3, -0.25) is 0 Å². The first kappa shape index (κ1) is 32.8. The lowest BCUT2D eigenvalue weighted by Gasteiger charge is -2.26. The molecule has 0 bridgehead atoms. The molecule has 254 valence electrons. The van der Waals surface area contributed by atoms with E-state index in [0.717, 1.165) is 27.5 Å². The molecule has 1 aliphatic carbocycles. The molecule has 0 amide bonds. The van der Waals surface area contributed by atoms with E-state index in [9.17, 15) is 0 Å². The molecular formula is C51H39NS. The van der Waals surface area contributed by atoms with Gasteiger partial charge in [-0.25, -0.2) is 0 Å². The lowest BCUT2D eigenvalue weighted by atomic mass is 9.82. The van der Waals surface area contributed by atoms with Gasteiger partial charge >= 0.3 is 0 Å². The molecule has 0 radical (unpaired) electrons. The molecule has 0 aliphatic heterocycles. The third kappa shape index (κ3) is 5.96. The highest BCUT2D eigenvalue weighted by molar-refractivity contribution is 7.80. The van der Waals surface area contributed by atoms with E-state index in [1.807, 2.05) is 0 Å². The summed E-state index contributed by atoms with van der Waals surface area (Å²) in [5.41, 5.74) is 18.0. The zero-order chi connectivity index (χ0) is 35.9. The van der Waals surface area contributed by atoms with Gasteiger partial charge in [0.05, 0.1) is 0 Å². The Balaban J connectivity index is 1.06. The topological polar surface area (TPSA) is 3.24 Å². The number of thiol groups is 1. The monoisotopic (exact) mass is 697 g/mol. The standard InChI is InChI=1S/C51H39NS/c1-51(2)47-19-10-9-18-46(47)49-48(51)33-32-45(50(49)53)41-17-11-16-40(34-41)39-24-30-44(31-25-39)52(42-26-20-37(21-27-42)35-12-5-3-6-13-35)43-28-22-38(23-29-43)36-14-7-4-8-15-36/h3-34,53H,1-2H3. The minimum absolute atomic E-state index is 0.0483. The number of benzene rings is 8. The van der Waals surface area contributed by atoms with Crippen molar-refractivity contribution in [1.29, 1.82) is 0 Å². The Labute approximate surface area is 318 Å². The molecule has 0 N–H and O–H groups in total. The Bertz CT molecular complexity index is 2470. The highest BCUT2D eigenvalue weighted by Crippen LogP contribution is 2.52. The number of fused-ring (bicyclic) bond motifs is 3. The molecule has 0 unspecified atom stereocenters. The maximum absolute atomic E-state index is 5.19. The fraction of sp³-hybridized carbons (Fsp3) is 0.0588. The largest absolute Gasteiger partial charge is 0.311 e. The first-order valence-electron chi connectivity index (χ1n) is 18.2. The zero-order valence-electron chi connectivity index (χ0n) is 29.9. The first-order chi connectivity index (χ1) is 26.0. The van der Waals surface area contributed by atoms with Gasteiger partial charge in [-0.1, -0.05) is 166 Å². The second-order valence-electron chi connectivity index (χ2n) is 14.3. The Kier molecular flexibility index (Phi) is 8.33. The Morgan fingerprint density at radius 1 is 0.358 bits per heavy atom. The maximum Gasteiger partial charge on any atom is 0.0462 e. The molecule has 0 heterocycles. The highest BCUT2D eigenvalue weighted by Gasteiger charge is 2.36. The van der Waals surface area contributed by atoms with E-state index in [4.69, 9.17) is 12.6 Å². The van der Waals surface area contributed by atoms with Gasteiger partial charge in [0.15, 0.2) is 0 Å². The molecule has 8 aromatic rings. The van der Waals surface area contributed by atoms with Crippen LogP contribution in [0.15, 0.2) is 199 Å². The lowest BCUT2D eigenvalue weighted by molar-refractivity contribution is 0.660. The maximum atomic E-state index is 5.19. The van der Waals surface area contributed by atoms with Crippen LogP contribution >= 0.6 is 12.6 Å². The number of hydrogen-bond donors (Lipinski definition) is 1. The van der Waals surface area contributed by atoms with Gasteiger partial charge in [0.1, 0.15) is 0 Å².